The molecule has 2 aliphatic heterocycles. The maximum atomic E-state index is 5.87. The molecule has 4 aliphatic rings. The molecule has 2 bridgehead atoms. The lowest BCUT2D eigenvalue weighted by Crippen LogP contribution is -2.38. The monoisotopic (exact) mass is 166 g/mol. The van der Waals surface area contributed by atoms with Crippen molar-refractivity contribution in [3.63, 3.8) is 0 Å². The molecule has 2 heterocycles. The van der Waals surface area contributed by atoms with Crippen molar-refractivity contribution < 1.29 is 9.47 Å². The second-order valence-electron chi connectivity index (χ2n) is 5.12. The fraction of sp³-hybridized carbons (Fsp3) is 1.00. The molecule has 0 amide bonds. The van der Waals surface area contributed by atoms with E-state index in [2.05, 4.69) is 6.92 Å². The van der Waals surface area contributed by atoms with Crippen LogP contribution in [0.1, 0.15) is 26.2 Å². The number of hydrogen-bond donors (Lipinski definition) is 0. The van der Waals surface area contributed by atoms with E-state index in [0.29, 0.717) is 23.9 Å². The summed E-state index contributed by atoms with van der Waals surface area (Å²) in [7, 11) is 0. The first-order valence-corrected chi connectivity index (χ1v) is 5.12. The molecule has 2 nitrogen and oxygen atoms in total. The Hall–Kier alpha value is -0.0800. The number of hydrogen-bond acceptors (Lipinski definition) is 2. The molecule has 2 saturated carbocycles. The summed E-state index contributed by atoms with van der Waals surface area (Å²) in [5.74, 6) is 1.62. The van der Waals surface area contributed by atoms with Crippen LogP contribution in [0.15, 0.2) is 0 Å². The van der Waals surface area contributed by atoms with E-state index >= 15 is 0 Å². The van der Waals surface area contributed by atoms with Crippen molar-refractivity contribution in [2.24, 2.45) is 11.8 Å². The van der Waals surface area contributed by atoms with Gasteiger partial charge in [-0.15, -0.1) is 0 Å². The fourth-order valence-corrected chi connectivity index (χ4v) is 3.72. The van der Waals surface area contributed by atoms with Gasteiger partial charge in [0.05, 0.1) is 23.9 Å². The Bertz CT molecular complexity index is 252. The van der Waals surface area contributed by atoms with Crippen molar-refractivity contribution in [1.82, 2.24) is 0 Å². The maximum absolute atomic E-state index is 5.87. The Kier molecular flexibility index (Phi) is 0.851. The fourth-order valence-electron chi connectivity index (χ4n) is 3.72. The van der Waals surface area contributed by atoms with Crippen LogP contribution in [0.5, 0.6) is 0 Å². The molecule has 0 aromatic carbocycles. The Labute approximate surface area is 72.2 Å². The van der Waals surface area contributed by atoms with Crippen molar-refractivity contribution >= 4 is 0 Å². The van der Waals surface area contributed by atoms with Crippen LogP contribution in [0.4, 0.5) is 0 Å². The van der Waals surface area contributed by atoms with E-state index in [1.54, 1.807) is 0 Å². The predicted molar refractivity (Wildman–Crippen MR) is 42.8 cm³/mol. The van der Waals surface area contributed by atoms with Gasteiger partial charge in [0.2, 0.25) is 0 Å². The van der Waals surface area contributed by atoms with Gasteiger partial charge in [-0.3, -0.25) is 0 Å². The minimum absolute atomic E-state index is 0.306. The third-order valence-electron chi connectivity index (χ3n) is 4.26. The molecule has 0 aromatic heterocycles. The first kappa shape index (κ1) is 6.39. The lowest BCUT2D eigenvalue weighted by atomic mass is 9.68. The molecular weight excluding hydrogens is 152 g/mol. The van der Waals surface area contributed by atoms with E-state index < -0.39 is 0 Å². The molecule has 12 heavy (non-hydrogen) atoms. The van der Waals surface area contributed by atoms with Crippen molar-refractivity contribution in [1.29, 1.82) is 0 Å². The Morgan fingerprint density at radius 3 is 3.17 bits per heavy atom. The summed E-state index contributed by atoms with van der Waals surface area (Å²) in [5.41, 5.74) is 0.306. The van der Waals surface area contributed by atoms with Crippen LogP contribution in [-0.4, -0.2) is 23.9 Å². The summed E-state index contributed by atoms with van der Waals surface area (Å²) in [6.45, 7) is 2.33. The molecule has 2 saturated heterocycles. The minimum atomic E-state index is 0.306. The largest absolute Gasteiger partial charge is 0.369 e. The average Bonchev–Trinajstić information content (AvgIpc) is 2.86. The highest BCUT2D eigenvalue weighted by Gasteiger charge is 2.70. The summed E-state index contributed by atoms with van der Waals surface area (Å²) in [6.07, 6.45) is 5.64. The van der Waals surface area contributed by atoms with Crippen molar-refractivity contribution in [3.8, 4) is 0 Å². The number of ether oxygens (including phenoxy) is 2. The standard InChI is InChI=1S/C10H14O2/c1-5-2-6-3-10(9(5)12-10)4-7-8(6)11-7/h5-9H,2-4H2,1H3. The molecular formula is C10H14O2. The predicted octanol–water partition coefficient (Wildman–Crippen LogP) is 1.34. The van der Waals surface area contributed by atoms with Gasteiger partial charge in [0.25, 0.3) is 0 Å². The van der Waals surface area contributed by atoms with Gasteiger partial charge in [-0.1, -0.05) is 6.92 Å². The summed E-state index contributed by atoms with van der Waals surface area (Å²) in [6, 6.07) is 0. The second kappa shape index (κ2) is 1.60. The van der Waals surface area contributed by atoms with Gasteiger partial charge in [-0.05, 0) is 24.7 Å². The molecule has 2 aliphatic carbocycles. The molecule has 2 heteroatoms. The zero-order valence-electron chi connectivity index (χ0n) is 7.32. The molecule has 0 radical (unpaired) electrons. The van der Waals surface area contributed by atoms with Gasteiger partial charge in [-0.2, -0.15) is 0 Å². The molecule has 0 aromatic rings. The topological polar surface area (TPSA) is 25.1 Å². The van der Waals surface area contributed by atoms with Gasteiger partial charge in [0, 0.05) is 6.42 Å². The normalized spacial score (nSPS) is 71.2. The van der Waals surface area contributed by atoms with Gasteiger partial charge in [0.15, 0.2) is 0 Å². The quantitative estimate of drug-likeness (QED) is 0.507. The van der Waals surface area contributed by atoms with Crippen LogP contribution in [0.25, 0.3) is 0 Å². The SMILES string of the molecule is CC1CC2CC3(CC4OC24)OC13. The van der Waals surface area contributed by atoms with Crippen LogP contribution in [-0.2, 0) is 9.47 Å². The first-order chi connectivity index (χ1) is 5.78. The molecule has 6 unspecified atom stereocenters. The molecule has 1 spiro atoms. The van der Waals surface area contributed by atoms with E-state index in [-0.39, 0.29) is 0 Å². The molecule has 66 valence electrons. The first-order valence-electron chi connectivity index (χ1n) is 5.12. The van der Waals surface area contributed by atoms with Gasteiger partial charge in [0.1, 0.15) is 0 Å². The van der Waals surface area contributed by atoms with Gasteiger partial charge >= 0.3 is 0 Å². The maximum Gasteiger partial charge on any atom is 0.0980 e. The zero-order valence-corrected chi connectivity index (χ0v) is 7.32. The Balaban J connectivity index is 1.74. The van der Waals surface area contributed by atoms with Crippen LogP contribution < -0.4 is 0 Å². The van der Waals surface area contributed by atoms with E-state index in [1.807, 2.05) is 0 Å². The lowest BCUT2D eigenvalue weighted by molar-refractivity contribution is 0.201. The molecule has 4 fully saturated rings. The van der Waals surface area contributed by atoms with Crippen molar-refractivity contribution in [2.45, 2.75) is 50.1 Å². The number of fused-ring (bicyclic) bond motifs is 3. The molecule has 6 atom stereocenters. The van der Waals surface area contributed by atoms with E-state index in [0.717, 1.165) is 11.8 Å². The Morgan fingerprint density at radius 1 is 1.33 bits per heavy atom. The third-order valence-corrected chi connectivity index (χ3v) is 4.26. The van der Waals surface area contributed by atoms with E-state index in [9.17, 15) is 0 Å². The minimum Gasteiger partial charge on any atom is -0.369 e. The summed E-state index contributed by atoms with van der Waals surface area (Å²) < 4.78 is 11.5. The second-order valence-corrected chi connectivity index (χ2v) is 5.12. The van der Waals surface area contributed by atoms with Crippen LogP contribution >= 0.6 is 0 Å². The number of rotatable bonds is 0. The highest BCUT2D eigenvalue weighted by Crippen LogP contribution is 2.63. The smallest absolute Gasteiger partial charge is 0.0980 e. The van der Waals surface area contributed by atoms with Crippen LogP contribution in [0, 0.1) is 11.8 Å². The zero-order chi connectivity index (χ0) is 7.92. The highest BCUT2D eigenvalue weighted by molar-refractivity contribution is 5.18. The summed E-state index contributed by atoms with van der Waals surface area (Å²) >= 11 is 0. The van der Waals surface area contributed by atoms with Gasteiger partial charge < -0.3 is 9.47 Å². The van der Waals surface area contributed by atoms with Crippen LogP contribution in [0.3, 0.4) is 0 Å². The average molecular weight is 166 g/mol. The number of epoxide rings is 2. The van der Waals surface area contributed by atoms with Crippen molar-refractivity contribution in [2.75, 3.05) is 0 Å². The highest BCUT2D eigenvalue weighted by atomic mass is 16.6. The van der Waals surface area contributed by atoms with Crippen LogP contribution in [0.2, 0.25) is 0 Å². The molecule has 0 N–H and O–H groups in total. The Morgan fingerprint density at radius 2 is 2.25 bits per heavy atom. The third kappa shape index (κ3) is 0.579. The molecule has 4 rings (SSSR count). The van der Waals surface area contributed by atoms with Crippen molar-refractivity contribution in [3.05, 3.63) is 0 Å². The van der Waals surface area contributed by atoms with E-state index in [1.165, 1.54) is 19.3 Å². The summed E-state index contributed by atoms with van der Waals surface area (Å²) in [4.78, 5) is 0. The lowest BCUT2D eigenvalue weighted by Gasteiger charge is -2.31. The van der Waals surface area contributed by atoms with Gasteiger partial charge in [-0.25, -0.2) is 0 Å². The van der Waals surface area contributed by atoms with E-state index in [4.69, 9.17) is 9.47 Å². The summed E-state index contributed by atoms with van der Waals surface area (Å²) in [5, 5.41) is 0.